The number of para-hydroxylation sites is 1. The first-order chi connectivity index (χ1) is 11.9. The summed E-state index contributed by atoms with van der Waals surface area (Å²) in [5, 5.41) is 9.34. The summed E-state index contributed by atoms with van der Waals surface area (Å²) in [5.41, 5.74) is 7.41. The molecule has 0 aliphatic carbocycles. The summed E-state index contributed by atoms with van der Waals surface area (Å²) in [4.78, 5) is 35.2. The molecule has 25 heavy (non-hydrogen) atoms. The van der Waals surface area contributed by atoms with Gasteiger partial charge in [-0.05, 0) is 25.1 Å². The van der Waals surface area contributed by atoms with E-state index in [1.165, 1.54) is 7.05 Å². The molecule has 132 valence electrons. The van der Waals surface area contributed by atoms with Crippen LogP contribution in [-0.4, -0.2) is 40.6 Å². The van der Waals surface area contributed by atoms with Gasteiger partial charge in [0.05, 0.1) is 29.9 Å². The minimum atomic E-state index is -0.996. The molecule has 1 aromatic heterocycles. The van der Waals surface area contributed by atoms with Crippen molar-refractivity contribution in [2.24, 2.45) is 5.73 Å². The molecule has 8 heteroatoms. The maximum absolute atomic E-state index is 12.3. The topological polar surface area (TPSA) is 119 Å². The number of nitrogens with one attached hydrogen (secondary N) is 2. The van der Waals surface area contributed by atoms with Crippen molar-refractivity contribution in [2.45, 2.75) is 25.8 Å². The van der Waals surface area contributed by atoms with Gasteiger partial charge < -0.3 is 16.4 Å². The van der Waals surface area contributed by atoms with Crippen LogP contribution in [0.25, 0.3) is 5.69 Å². The Bertz CT molecular complexity index is 770. The molecule has 0 bridgehead atoms. The van der Waals surface area contributed by atoms with Crippen LogP contribution in [-0.2, 0) is 20.8 Å². The number of primary amides is 1. The molecule has 8 nitrogen and oxygen atoms in total. The molecule has 1 atom stereocenters. The van der Waals surface area contributed by atoms with Gasteiger partial charge in [-0.15, -0.1) is 0 Å². The van der Waals surface area contributed by atoms with Crippen molar-refractivity contribution in [1.29, 1.82) is 0 Å². The minimum Gasteiger partial charge on any atom is -0.370 e. The zero-order valence-corrected chi connectivity index (χ0v) is 14.2. The normalized spacial score (nSPS) is 11.6. The summed E-state index contributed by atoms with van der Waals surface area (Å²) >= 11 is 0. The van der Waals surface area contributed by atoms with Crippen molar-refractivity contribution in [2.75, 3.05) is 7.05 Å². The highest BCUT2D eigenvalue weighted by molar-refractivity contribution is 5.91. The van der Waals surface area contributed by atoms with Gasteiger partial charge in [0.1, 0.15) is 6.04 Å². The van der Waals surface area contributed by atoms with Crippen LogP contribution >= 0.6 is 0 Å². The van der Waals surface area contributed by atoms with Gasteiger partial charge in [0.2, 0.25) is 17.7 Å². The number of likely N-dealkylation sites (N-methyl/N-ethyl adjacent to an activating group) is 1. The second-order valence-electron chi connectivity index (χ2n) is 5.61. The number of aromatic nitrogens is 2. The number of carbonyl (C=O) groups is 3. The van der Waals surface area contributed by atoms with Crippen molar-refractivity contribution in [3.05, 3.63) is 47.8 Å². The van der Waals surface area contributed by atoms with Crippen LogP contribution in [0.5, 0.6) is 0 Å². The van der Waals surface area contributed by atoms with Gasteiger partial charge in [-0.25, -0.2) is 4.68 Å². The number of nitrogens with zero attached hydrogens (tertiary/aromatic N) is 2. The van der Waals surface area contributed by atoms with Crippen LogP contribution < -0.4 is 16.4 Å². The van der Waals surface area contributed by atoms with E-state index in [-0.39, 0.29) is 12.8 Å². The Kier molecular flexibility index (Phi) is 5.89. The lowest BCUT2D eigenvalue weighted by Gasteiger charge is -2.16. The minimum absolute atomic E-state index is 0.0159. The molecule has 0 unspecified atom stereocenters. The first-order valence-electron chi connectivity index (χ1n) is 7.81. The average molecular weight is 343 g/mol. The van der Waals surface area contributed by atoms with Gasteiger partial charge in [-0.3, -0.25) is 14.4 Å². The van der Waals surface area contributed by atoms with E-state index in [4.69, 9.17) is 5.73 Å². The quantitative estimate of drug-likeness (QED) is 0.646. The van der Waals surface area contributed by atoms with Crippen molar-refractivity contribution in [1.82, 2.24) is 20.4 Å². The fourth-order valence-corrected chi connectivity index (χ4v) is 2.47. The number of benzene rings is 1. The van der Waals surface area contributed by atoms with Gasteiger partial charge in [0, 0.05) is 7.05 Å². The molecular formula is C17H21N5O3. The number of amides is 3. The Morgan fingerprint density at radius 3 is 2.52 bits per heavy atom. The molecule has 0 aliphatic rings. The van der Waals surface area contributed by atoms with Crippen molar-refractivity contribution in [3.63, 3.8) is 0 Å². The van der Waals surface area contributed by atoms with Crippen LogP contribution in [0.2, 0.25) is 0 Å². The van der Waals surface area contributed by atoms with Gasteiger partial charge in [0.15, 0.2) is 0 Å². The van der Waals surface area contributed by atoms with Crippen LogP contribution in [0.3, 0.4) is 0 Å². The SMILES string of the molecule is CNC(=O)[C@H](CC(N)=O)NC(=O)Cc1cc(C)nn1-c1ccccc1. The highest BCUT2D eigenvalue weighted by Crippen LogP contribution is 2.13. The summed E-state index contributed by atoms with van der Waals surface area (Å²) in [5.74, 6) is -1.54. The van der Waals surface area contributed by atoms with E-state index in [9.17, 15) is 14.4 Å². The fraction of sp³-hybridized carbons (Fsp3) is 0.294. The molecule has 0 saturated heterocycles. The molecule has 1 heterocycles. The number of hydrogen-bond donors (Lipinski definition) is 3. The van der Waals surface area contributed by atoms with E-state index >= 15 is 0 Å². The van der Waals surface area contributed by atoms with E-state index in [1.54, 1.807) is 10.7 Å². The second kappa shape index (κ2) is 8.09. The van der Waals surface area contributed by atoms with E-state index in [2.05, 4.69) is 15.7 Å². The van der Waals surface area contributed by atoms with Crippen molar-refractivity contribution in [3.8, 4) is 5.69 Å². The zero-order chi connectivity index (χ0) is 18.4. The Labute approximate surface area is 145 Å². The number of rotatable bonds is 7. The third-order valence-electron chi connectivity index (χ3n) is 3.55. The Balaban J connectivity index is 2.15. The molecule has 0 saturated carbocycles. The molecule has 0 fully saturated rings. The summed E-state index contributed by atoms with van der Waals surface area (Å²) in [7, 11) is 1.43. The zero-order valence-electron chi connectivity index (χ0n) is 14.2. The molecule has 0 radical (unpaired) electrons. The molecule has 1 aromatic carbocycles. The second-order valence-corrected chi connectivity index (χ2v) is 5.61. The predicted octanol–water partition coefficient (Wildman–Crippen LogP) is -0.171. The first-order valence-corrected chi connectivity index (χ1v) is 7.81. The van der Waals surface area contributed by atoms with E-state index < -0.39 is 23.8 Å². The number of carbonyl (C=O) groups excluding carboxylic acids is 3. The highest BCUT2D eigenvalue weighted by Gasteiger charge is 2.22. The fourth-order valence-electron chi connectivity index (χ4n) is 2.47. The van der Waals surface area contributed by atoms with Gasteiger partial charge in [-0.2, -0.15) is 5.10 Å². The largest absolute Gasteiger partial charge is 0.370 e. The van der Waals surface area contributed by atoms with Crippen LogP contribution in [0, 0.1) is 6.92 Å². The first kappa shape index (κ1) is 18.2. The Hall–Kier alpha value is -3.16. The van der Waals surface area contributed by atoms with E-state index in [0.717, 1.165) is 11.4 Å². The van der Waals surface area contributed by atoms with E-state index in [1.807, 2.05) is 37.3 Å². The summed E-state index contributed by atoms with van der Waals surface area (Å²) in [6.07, 6.45) is -0.246. The van der Waals surface area contributed by atoms with E-state index in [0.29, 0.717) is 5.69 Å². The predicted molar refractivity (Wildman–Crippen MR) is 91.8 cm³/mol. The summed E-state index contributed by atoms with van der Waals surface area (Å²) in [6.45, 7) is 1.83. The van der Waals surface area contributed by atoms with Crippen molar-refractivity contribution >= 4 is 17.7 Å². The summed E-state index contributed by atoms with van der Waals surface area (Å²) < 4.78 is 1.68. The lowest BCUT2D eigenvalue weighted by Crippen LogP contribution is -2.48. The lowest BCUT2D eigenvalue weighted by molar-refractivity contribution is -0.130. The molecular weight excluding hydrogens is 322 g/mol. The lowest BCUT2D eigenvalue weighted by atomic mass is 10.1. The van der Waals surface area contributed by atoms with Crippen molar-refractivity contribution < 1.29 is 14.4 Å². The maximum atomic E-state index is 12.3. The average Bonchev–Trinajstić information content (AvgIpc) is 2.94. The number of hydrogen-bond acceptors (Lipinski definition) is 4. The summed E-state index contributed by atoms with van der Waals surface area (Å²) in [6, 6.07) is 10.2. The van der Waals surface area contributed by atoms with Crippen LogP contribution in [0.4, 0.5) is 0 Å². The third-order valence-corrected chi connectivity index (χ3v) is 3.55. The molecule has 0 spiro atoms. The van der Waals surface area contributed by atoms with Crippen LogP contribution in [0.1, 0.15) is 17.8 Å². The number of aryl methyl sites for hydroxylation is 1. The number of nitrogens with two attached hydrogens (primary N) is 1. The smallest absolute Gasteiger partial charge is 0.242 e. The molecule has 0 aliphatic heterocycles. The molecule has 2 rings (SSSR count). The third kappa shape index (κ3) is 4.90. The molecule has 3 amide bonds. The molecule has 2 aromatic rings. The monoisotopic (exact) mass is 343 g/mol. The van der Waals surface area contributed by atoms with Gasteiger partial charge in [0.25, 0.3) is 0 Å². The van der Waals surface area contributed by atoms with Crippen LogP contribution in [0.15, 0.2) is 36.4 Å². The van der Waals surface area contributed by atoms with Gasteiger partial charge in [-0.1, -0.05) is 18.2 Å². The molecule has 4 N–H and O–H groups in total. The standard InChI is InChI=1S/C17H21N5O3/c1-11-8-13(22(21-11)12-6-4-3-5-7-12)9-16(24)20-14(10-15(18)23)17(25)19-2/h3-8,14H,9-10H2,1-2H3,(H2,18,23)(H,19,25)(H,20,24)/t14-/m0/s1. The Morgan fingerprint density at radius 2 is 1.92 bits per heavy atom. The Morgan fingerprint density at radius 1 is 1.24 bits per heavy atom. The maximum Gasteiger partial charge on any atom is 0.242 e. The highest BCUT2D eigenvalue weighted by atomic mass is 16.2. The van der Waals surface area contributed by atoms with Gasteiger partial charge >= 0.3 is 0 Å².